The van der Waals surface area contributed by atoms with Crippen LogP contribution in [-0.2, 0) is 4.74 Å². The molecule has 3 aromatic rings. The lowest BCUT2D eigenvalue weighted by molar-refractivity contribution is -0.0498. The summed E-state index contributed by atoms with van der Waals surface area (Å²) in [4.78, 5) is 11.0. The van der Waals surface area contributed by atoms with E-state index in [9.17, 15) is 8.78 Å². The molecule has 0 spiro atoms. The number of ether oxygens (including phenoxy) is 2. The smallest absolute Gasteiger partial charge is 0.387 e. The Balaban J connectivity index is 1.49. The predicted octanol–water partition coefficient (Wildman–Crippen LogP) is 3.50. The Hall–Kier alpha value is -3.40. The van der Waals surface area contributed by atoms with Crippen LogP contribution in [0.4, 0.5) is 26.4 Å². The molecule has 1 unspecified atom stereocenters. The minimum atomic E-state index is -2.85. The van der Waals surface area contributed by atoms with E-state index in [1.54, 1.807) is 36.7 Å². The number of halogens is 2. The number of nitrogens with one attached hydrogen (secondary N) is 1. The molecule has 0 saturated carbocycles. The lowest BCUT2D eigenvalue weighted by Gasteiger charge is -2.31. The van der Waals surface area contributed by atoms with Crippen LogP contribution in [0.3, 0.4) is 0 Å². The van der Waals surface area contributed by atoms with Gasteiger partial charge in [-0.05, 0) is 36.8 Å². The van der Waals surface area contributed by atoms with Crippen LogP contribution in [-0.4, -0.2) is 52.6 Å². The van der Waals surface area contributed by atoms with Crippen LogP contribution in [0, 0.1) is 0 Å². The van der Waals surface area contributed by atoms with Gasteiger partial charge in [-0.2, -0.15) is 18.9 Å². The largest absolute Gasteiger partial charge is 0.435 e. The van der Waals surface area contributed by atoms with Gasteiger partial charge in [0.25, 0.3) is 0 Å². The molecular weight excluding hydrogens is 394 g/mol. The Labute approximate surface area is 171 Å². The summed E-state index contributed by atoms with van der Waals surface area (Å²) in [6.45, 7) is 1.25. The van der Waals surface area contributed by atoms with Crippen LogP contribution in [0.5, 0.6) is 5.75 Å². The number of rotatable bonds is 6. The van der Waals surface area contributed by atoms with Crippen molar-refractivity contribution >= 4 is 17.6 Å². The third-order valence-electron chi connectivity index (χ3n) is 4.49. The molecule has 4 rings (SSSR count). The lowest BCUT2D eigenvalue weighted by Crippen LogP contribution is -2.42. The van der Waals surface area contributed by atoms with Crippen molar-refractivity contribution in [3.05, 3.63) is 48.8 Å². The number of hydrogen-bond donors (Lipinski definition) is 1. The van der Waals surface area contributed by atoms with E-state index >= 15 is 0 Å². The zero-order valence-corrected chi connectivity index (χ0v) is 16.2. The summed E-state index contributed by atoms with van der Waals surface area (Å²) >= 11 is 0. The summed E-state index contributed by atoms with van der Waals surface area (Å²) in [5.74, 6) is 1.81. The van der Waals surface area contributed by atoms with Gasteiger partial charge >= 0.3 is 6.61 Å². The zero-order valence-electron chi connectivity index (χ0n) is 16.2. The highest BCUT2D eigenvalue weighted by Gasteiger charge is 2.19. The van der Waals surface area contributed by atoms with E-state index in [1.165, 1.54) is 12.1 Å². The van der Waals surface area contributed by atoms with E-state index in [0.717, 1.165) is 24.2 Å². The maximum atomic E-state index is 12.3. The van der Waals surface area contributed by atoms with Gasteiger partial charge in [0, 0.05) is 24.8 Å². The molecule has 1 fully saturated rings. The standard InChI is InChI=1S/C20H20F2N6O2/c1-13-12-28(8-9-29-13)20-23-7-6-17(26-20)25-18-10-15(11-24-27-18)14-2-4-16(5-3-14)30-19(21)22/h2-7,10-11,13,19H,8-9,12H2,1H3,(H,23,25,26,27). The maximum Gasteiger partial charge on any atom is 0.387 e. The minimum Gasteiger partial charge on any atom is -0.435 e. The number of hydrogen-bond acceptors (Lipinski definition) is 8. The molecule has 1 atom stereocenters. The lowest BCUT2D eigenvalue weighted by atomic mass is 10.1. The highest BCUT2D eigenvalue weighted by Crippen LogP contribution is 2.25. The Kier molecular flexibility index (Phi) is 5.94. The fourth-order valence-electron chi connectivity index (χ4n) is 3.12. The topological polar surface area (TPSA) is 85.3 Å². The predicted molar refractivity (Wildman–Crippen MR) is 107 cm³/mol. The maximum absolute atomic E-state index is 12.3. The average molecular weight is 414 g/mol. The van der Waals surface area contributed by atoms with Crippen molar-refractivity contribution < 1.29 is 18.3 Å². The summed E-state index contributed by atoms with van der Waals surface area (Å²) < 4.78 is 34.5. The van der Waals surface area contributed by atoms with Crippen LogP contribution < -0.4 is 15.0 Å². The Morgan fingerprint density at radius 3 is 2.77 bits per heavy atom. The second-order valence-corrected chi connectivity index (χ2v) is 6.73. The highest BCUT2D eigenvalue weighted by molar-refractivity contribution is 5.67. The van der Waals surface area contributed by atoms with E-state index in [1.807, 2.05) is 6.92 Å². The van der Waals surface area contributed by atoms with Crippen molar-refractivity contribution in [1.29, 1.82) is 0 Å². The fraction of sp³-hybridized carbons (Fsp3) is 0.300. The van der Waals surface area contributed by atoms with Gasteiger partial charge in [0.1, 0.15) is 11.6 Å². The van der Waals surface area contributed by atoms with Crippen molar-refractivity contribution in [2.24, 2.45) is 0 Å². The Morgan fingerprint density at radius 1 is 1.17 bits per heavy atom. The molecule has 10 heteroatoms. The van der Waals surface area contributed by atoms with Crippen LogP contribution >= 0.6 is 0 Å². The van der Waals surface area contributed by atoms with Crippen LogP contribution in [0.2, 0.25) is 0 Å². The van der Waals surface area contributed by atoms with Crippen molar-refractivity contribution in [2.45, 2.75) is 19.6 Å². The third kappa shape index (κ3) is 4.95. The average Bonchev–Trinajstić information content (AvgIpc) is 2.74. The van der Waals surface area contributed by atoms with E-state index in [4.69, 9.17) is 4.74 Å². The molecule has 8 nitrogen and oxygen atoms in total. The van der Waals surface area contributed by atoms with E-state index < -0.39 is 6.61 Å². The monoisotopic (exact) mass is 414 g/mol. The highest BCUT2D eigenvalue weighted by atomic mass is 19.3. The summed E-state index contributed by atoms with van der Waals surface area (Å²) in [6.07, 6.45) is 3.40. The van der Waals surface area contributed by atoms with Gasteiger partial charge in [0.15, 0.2) is 5.82 Å². The van der Waals surface area contributed by atoms with E-state index in [2.05, 4.69) is 35.1 Å². The van der Waals surface area contributed by atoms with Gasteiger partial charge in [0.05, 0.1) is 18.9 Å². The number of alkyl halides is 2. The first-order valence-electron chi connectivity index (χ1n) is 9.41. The summed E-state index contributed by atoms with van der Waals surface area (Å²) in [6, 6.07) is 9.87. The molecule has 0 aliphatic carbocycles. The quantitative estimate of drug-likeness (QED) is 0.656. The first-order valence-corrected chi connectivity index (χ1v) is 9.41. The van der Waals surface area contributed by atoms with Crippen molar-refractivity contribution in [1.82, 2.24) is 20.2 Å². The summed E-state index contributed by atoms with van der Waals surface area (Å²) in [7, 11) is 0. The van der Waals surface area contributed by atoms with Gasteiger partial charge in [-0.25, -0.2) is 4.98 Å². The Bertz CT molecular complexity index is 989. The van der Waals surface area contributed by atoms with Gasteiger partial charge in [-0.15, -0.1) is 5.10 Å². The SMILES string of the molecule is CC1CN(c2nccc(Nc3cc(-c4ccc(OC(F)F)cc4)cnn3)n2)CCO1. The van der Waals surface area contributed by atoms with Crippen LogP contribution in [0.1, 0.15) is 6.92 Å². The third-order valence-corrected chi connectivity index (χ3v) is 4.49. The van der Waals surface area contributed by atoms with Gasteiger partial charge in [0.2, 0.25) is 5.95 Å². The molecule has 1 saturated heterocycles. The molecule has 1 aromatic carbocycles. The van der Waals surface area contributed by atoms with Crippen molar-refractivity contribution in [3.8, 4) is 16.9 Å². The Morgan fingerprint density at radius 2 is 2.00 bits per heavy atom. The van der Waals surface area contributed by atoms with Crippen molar-refractivity contribution in [3.63, 3.8) is 0 Å². The van der Waals surface area contributed by atoms with Gasteiger partial charge in [-0.3, -0.25) is 0 Å². The molecular formula is C20H20F2N6O2. The molecule has 3 heterocycles. The van der Waals surface area contributed by atoms with Gasteiger partial charge in [-0.1, -0.05) is 12.1 Å². The normalized spacial score (nSPS) is 16.5. The molecule has 0 radical (unpaired) electrons. The second kappa shape index (κ2) is 8.95. The van der Waals surface area contributed by atoms with E-state index in [0.29, 0.717) is 24.2 Å². The first-order chi connectivity index (χ1) is 14.6. The number of anilines is 3. The zero-order chi connectivity index (χ0) is 20.9. The molecule has 2 aromatic heterocycles. The summed E-state index contributed by atoms with van der Waals surface area (Å²) in [5.41, 5.74) is 1.56. The molecule has 1 aliphatic rings. The van der Waals surface area contributed by atoms with Crippen LogP contribution in [0.25, 0.3) is 11.1 Å². The fourth-order valence-corrected chi connectivity index (χ4v) is 3.12. The number of nitrogens with zero attached hydrogens (tertiary/aromatic N) is 5. The number of benzene rings is 1. The minimum absolute atomic E-state index is 0.0973. The van der Waals surface area contributed by atoms with E-state index in [-0.39, 0.29) is 11.9 Å². The number of morpholine rings is 1. The van der Waals surface area contributed by atoms with Gasteiger partial charge < -0.3 is 19.7 Å². The number of aromatic nitrogens is 4. The molecule has 156 valence electrons. The molecule has 1 aliphatic heterocycles. The molecule has 0 amide bonds. The molecule has 30 heavy (non-hydrogen) atoms. The van der Waals surface area contributed by atoms with Crippen LogP contribution in [0.15, 0.2) is 48.8 Å². The second-order valence-electron chi connectivity index (χ2n) is 6.73. The molecule has 0 bridgehead atoms. The van der Waals surface area contributed by atoms with Crippen molar-refractivity contribution in [2.75, 3.05) is 29.9 Å². The first kappa shape index (κ1) is 19.9. The summed E-state index contributed by atoms with van der Waals surface area (Å²) in [5, 5.41) is 11.2. The molecule has 1 N–H and O–H groups in total.